The zero-order valence-electron chi connectivity index (χ0n) is 19.0. The molecule has 7 heteroatoms. The van der Waals surface area contributed by atoms with E-state index in [1.54, 1.807) is 12.5 Å². The Hall–Kier alpha value is -3.50. The van der Waals surface area contributed by atoms with Crippen LogP contribution in [0.4, 0.5) is 0 Å². The van der Waals surface area contributed by atoms with Crippen LogP contribution in [0.1, 0.15) is 46.9 Å². The molecule has 4 rings (SSSR count). The van der Waals surface area contributed by atoms with E-state index in [9.17, 15) is 4.79 Å². The van der Waals surface area contributed by atoms with Crippen LogP contribution in [0, 0.1) is 11.5 Å². The molecular formula is C25H26N4O2Si. The highest BCUT2D eigenvalue weighted by atomic mass is 28.3. The number of imidazole rings is 1. The van der Waals surface area contributed by atoms with E-state index in [0.29, 0.717) is 17.9 Å². The van der Waals surface area contributed by atoms with Crippen LogP contribution in [0.25, 0.3) is 5.69 Å². The van der Waals surface area contributed by atoms with Crippen LogP contribution in [-0.2, 0) is 11.3 Å². The molecule has 0 fully saturated rings. The normalized spacial score (nSPS) is 12.8. The summed E-state index contributed by atoms with van der Waals surface area (Å²) in [5.74, 6) is 2.89. The van der Waals surface area contributed by atoms with E-state index >= 15 is 0 Å². The highest BCUT2D eigenvalue weighted by Crippen LogP contribution is 2.27. The third kappa shape index (κ3) is 4.55. The van der Waals surface area contributed by atoms with Gasteiger partial charge in [-0.2, -0.15) is 0 Å². The molecule has 0 spiro atoms. The molecule has 32 heavy (non-hydrogen) atoms. The van der Waals surface area contributed by atoms with E-state index in [1.807, 2.05) is 48.7 Å². The lowest BCUT2D eigenvalue weighted by molar-refractivity contribution is 0.0370. The minimum Gasteiger partial charge on any atom is -0.458 e. The number of hydrogen-bond acceptors (Lipinski definition) is 5. The van der Waals surface area contributed by atoms with E-state index in [0.717, 1.165) is 28.2 Å². The maximum atomic E-state index is 12.6. The first-order valence-corrected chi connectivity index (χ1v) is 14.1. The number of esters is 1. The molecule has 0 radical (unpaired) electrons. The maximum absolute atomic E-state index is 12.6. The van der Waals surface area contributed by atoms with Gasteiger partial charge in [0.15, 0.2) is 5.69 Å². The van der Waals surface area contributed by atoms with Gasteiger partial charge in [0, 0.05) is 17.3 Å². The molecule has 6 nitrogen and oxygen atoms in total. The second-order valence-electron chi connectivity index (χ2n) is 8.98. The van der Waals surface area contributed by atoms with Crippen LogP contribution in [-0.4, -0.2) is 40.4 Å². The van der Waals surface area contributed by atoms with Gasteiger partial charge >= 0.3 is 5.97 Å². The van der Waals surface area contributed by atoms with E-state index in [-0.39, 0.29) is 6.10 Å². The van der Waals surface area contributed by atoms with Crippen molar-refractivity contribution >= 4 is 19.8 Å². The summed E-state index contributed by atoms with van der Waals surface area (Å²) in [6.45, 7) is 10.6. The minimum absolute atomic E-state index is 0.224. The van der Waals surface area contributed by atoms with Gasteiger partial charge in [0.2, 0.25) is 0 Å². The minimum atomic E-state index is -1.52. The quantitative estimate of drug-likeness (QED) is 0.342. The summed E-state index contributed by atoms with van der Waals surface area (Å²) < 4.78 is 7.31. The third-order valence-electron chi connectivity index (χ3n) is 4.79. The van der Waals surface area contributed by atoms with E-state index < -0.39 is 14.0 Å². The van der Waals surface area contributed by atoms with Crippen molar-refractivity contribution in [2.45, 2.75) is 46.1 Å². The Morgan fingerprint density at radius 3 is 2.66 bits per heavy atom. The Kier molecular flexibility index (Phi) is 5.81. The van der Waals surface area contributed by atoms with Gasteiger partial charge in [-0.3, -0.25) is 14.5 Å². The smallest absolute Gasteiger partial charge is 0.359 e. The molecule has 0 amide bonds. The van der Waals surface area contributed by atoms with Crippen LogP contribution < -0.4 is 0 Å². The summed E-state index contributed by atoms with van der Waals surface area (Å²) in [4.78, 5) is 26.4. The first-order valence-electron chi connectivity index (χ1n) is 10.6. The summed E-state index contributed by atoms with van der Waals surface area (Å²) in [6, 6.07) is 11.8. The third-order valence-corrected chi connectivity index (χ3v) is 5.67. The number of ether oxygens (including phenoxy) is 1. The first kappa shape index (κ1) is 21.7. The number of fused-ring (bicyclic) bond motifs is 3. The Morgan fingerprint density at radius 2 is 1.97 bits per heavy atom. The van der Waals surface area contributed by atoms with Gasteiger partial charge in [-0.25, -0.2) is 9.78 Å². The summed E-state index contributed by atoms with van der Waals surface area (Å²) in [5, 5.41) is 0. The molecule has 0 saturated heterocycles. The molecule has 3 heterocycles. The van der Waals surface area contributed by atoms with Crippen molar-refractivity contribution in [2.24, 2.45) is 4.99 Å². The number of aromatic nitrogens is 3. The van der Waals surface area contributed by atoms with Gasteiger partial charge in [-0.15, -0.1) is 5.54 Å². The van der Waals surface area contributed by atoms with Gasteiger partial charge in [-0.1, -0.05) is 31.6 Å². The number of nitrogens with zero attached hydrogens (tertiary/aromatic N) is 4. The molecule has 0 aliphatic carbocycles. The van der Waals surface area contributed by atoms with Crippen LogP contribution in [0.5, 0.6) is 0 Å². The number of pyridine rings is 1. The predicted octanol–water partition coefficient (Wildman–Crippen LogP) is 4.41. The molecule has 3 aromatic rings. The number of benzene rings is 1. The van der Waals surface area contributed by atoms with Crippen molar-refractivity contribution in [3.8, 4) is 17.2 Å². The van der Waals surface area contributed by atoms with Crippen LogP contribution in [0.15, 0.2) is 53.9 Å². The van der Waals surface area contributed by atoms with Gasteiger partial charge in [0.25, 0.3) is 0 Å². The Balaban J connectivity index is 1.89. The number of carbonyl (C=O) groups excluding carboxylic acids is 1. The molecule has 0 saturated carbocycles. The number of rotatable bonds is 3. The molecule has 0 atom stereocenters. The molecule has 1 aromatic carbocycles. The summed E-state index contributed by atoms with van der Waals surface area (Å²) in [6.07, 6.45) is 3.19. The lowest BCUT2D eigenvalue weighted by Gasteiger charge is -2.12. The second-order valence-corrected chi connectivity index (χ2v) is 13.7. The second kappa shape index (κ2) is 8.56. The van der Waals surface area contributed by atoms with Crippen molar-refractivity contribution in [2.75, 3.05) is 0 Å². The Morgan fingerprint density at radius 1 is 1.16 bits per heavy atom. The van der Waals surface area contributed by atoms with Gasteiger partial charge in [0.1, 0.15) is 14.4 Å². The van der Waals surface area contributed by atoms with Crippen LogP contribution in [0.3, 0.4) is 0 Å². The van der Waals surface area contributed by atoms with Gasteiger partial charge in [-0.05, 0) is 44.2 Å². The molecule has 1 aliphatic heterocycles. The van der Waals surface area contributed by atoms with Crippen molar-refractivity contribution in [1.29, 1.82) is 0 Å². The van der Waals surface area contributed by atoms with Gasteiger partial charge in [0.05, 0.1) is 35.4 Å². The topological polar surface area (TPSA) is 69.4 Å². The number of hydrogen-bond donors (Lipinski definition) is 0. The zero-order chi connectivity index (χ0) is 22.9. The molecule has 0 N–H and O–H groups in total. The molecular weight excluding hydrogens is 416 g/mol. The fraction of sp³-hybridized carbons (Fsp3) is 0.280. The van der Waals surface area contributed by atoms with E-state index in [2.05, 4.69) is 47.1 Å². The molecule has 162 valence electrons. The zero-order valence-corrected chi connectivity index (χ0v) is 20.0. The average molecular weight is 443 g/mol. The van der Waals surface area contributed by atoms with E-state index in [1.165, 1.54) is 0 Å². The Bertz CT molecular complexity index is 1260. The SMILES string of the molecule is CC(C)OC(=O)c1ncn2c1CN=C(c1ccccn1)c1cc(C#C[Si](C)(C)C)ccc1-2. The molecule has 0 unspecified atom stereocenters. The highest BCUT2D eigenvalue weighted by Gasteiger charge is 2.26. The van der Waals surface area contributed by atoms with Crippen molar-refractivity contribution < 1.29 is 9.53 Å². The fourth-order valence-electron chi connectivity index (χ4n) is 3.41. The standard InChI is InChI=1S/C25H26N4O2Si/c1-17(2)31-25(30)24-22-15-27-23(20-8-6-7-12-26-20)19-14-18(11-13-32(3,4)5)9-10-21(19)29(22)16-28-24/h6-10,12,14,16-17H,15H2,1-5H3. The van der Waals surface area contributed by atoms with Crippen molar-refractivity contribution in [3.63, 3.8) is 0 Å². The lowest BCUT2D eigenvalue weighted by atomic mass is 10.0. The molecule has 2 aromatic heterocycles. The molecule has 1 aliphatic rings. The van der Waals surface area contributed by atoms with E-state index in [4.69, 9.17) is 9.73 Å². The Labute approximate surface area is 189 Å². The number of carbonyl (C=O) groups is 1. The summed E-state index contributed by atoms with van der Waals surface area (Å²) in [7, 11) is -1.52. The highest BCUT2D eigenvalue weighted by molar-refractivity contribution is 6.83. The van der Waals surface area contributed by atoms with Crippen LogP contribution >= 0.6 is 0 Å². The fourth-order valence-corrected chi connectivity index (χ4v) is 3.93. The number of aliphatic imine (C=N–C) groups is 1. The van der Waals surface area contributed by atoms with Crippen LogP contribution in [0.2, 0.25) is 19.6 Å². The maximum Gasteiger partial charge on any atom is 0.359 e. The lowest BCUT2D eigenvalue weighted by Crippen LogP contribution is -2.16. The van der Waals surface area contributed by atoms with Crippen molar-refractivity contribution in [3.05, 3.63) is 77.1 Å². The van der Waals surface area contributed by atoms with Gasteiger partial charge < -0.3 is 4.74 Å². The summed E-state index contributed by atoms with van der Waals surface area (Å²) >= 11 is 0. The monoisotopic (exact) mass is 442 g/mol. The first-order chi connectivity index (χ1) is 15.2. The predicted molar refractivity (Wildman–Crippen MR) is 128 cm³/mol. The summed E-state index contributed by atoms with van der Waals surface area (Å²) in [5.41, 5.74) is 8.68. The molecule has 0 bridgehead atoms. The van der Waals surface area contributed by atoms with Crippen molar-refractivity contribution in [1.82, 2.24) is 14.5 Å². The average Bonchev–Trinajstić information content (AvgIpc) is 3.09. The largest absolute Gasteiger partial charge is 0.458 e.